The van der Waals surface area contributed by atoms with Gasteiger partial charge in [-0.25, -0.2) is 0 Å². The van der Waals surface area contributed by atoms with E-state index in [0.29, 0.717) is 6.54 Å². The van der Waals surface area contributed by atoms with E-state index >= 15 is 0 Å². The molecule has 82 valence electrons. The van der Waals surface area contributed by atoms with E-state index in [1.807, 2.05) is 13.8 Å². The Kier molecular flexibility index (Phi) is 3.93. The SMILES string of the molecule is CC(C)OC(=O)C1(CN)CCCCC1. The van der Waals surface area contributed by atoms with Gasteiger partial charge in [-0.1, -0.05) is 19.3 Å². The lowest BCUT2D eigenvalue weighted by atomic mass is 9.74. The van der Waals surface area contributed by atoms with E-state index in [9.17, 15) is 4.79 Å². The summed E-state index contributed by atoms with van der Waals surface area (Å²) in [6.45, 7) is 4.19. The third-order valence-corrected chi connectivity index (χ3v) is 2.98. The van der Waals surface area contributed by atoms with Gasteiger partial charge in [-0.15, -0.1) is 0 Å². The molecule has 2 N–H and O–H groups in total. The van der Waals surface area contributed by atoms with Gasteiger partial charge >= 0.3 is 5.97 Å². The predicted molar refractivity (Wildman–Crippen MR) is 55.8 cm³/mol. The highest BCUT2D eigenvalue weighted by Crippen LogP contribution is 2.36. The van der Waals surface area contributed by atoms with Crippen molar-refractivity contribution in [3.05, 3.63) is 0 Å². The summed E-state index contributed by atoms with van der Waals surface area (Å²) in [5.74, 6) is -0.0882. The van der Waals surface area contributed by atoms with Crippen molar-refractivity contribution in [2.45, 2.75) is 52.1 Å². The molecule has 14 heavy (non-hydrogen) atoms. The number of hydrogen-bond donors (Lipinski definition) is 1. The molecule has 0 saturated heterocycles. The molecule has 1 aliphatic carbocycles. The summed E-state index contributed by atoms with van der Waals surface area (Å²) in [5, 5.41) is 0. The molecule has 0 heterocycles. The Morgan fingerprint density at radius 2 is 1.93 bits per heavy atom. The molecule has 3 heteroatoms. The van der Waals surface area contributed by atoms with Gasteiger partial charge in [0.25, 0.3) is 0 Å². The molecule has 0 unspecified atom stereocenters. The summed E-state index contributed by atoms with van der Waals surface area (Å²) in [4.78, 5) is 11.9. The van der Waals surface area contributed by atoms with Gasteiger partial charge < -0.3 is 10.5 Å². The lowest BCUT2D eigenvalue weighted by Crippen LogP contribution is -2.42. The van der Waals surface area contributed by atoms with Crippen molar-refractivity contribution in [2.24, 2.45) is 11.1 Å². The van der Waals surface area contributed by atoms with Gasteiger partial charge in [-0.3, -0.25) is 4.79 Å². The number of ether oxygens (including phenoxy) is 1. The van der Waals surface area contributed by atoms with Crippen molar-refractivity contribution in [2.75, 3.05) is 6.54 Å². The second-order valence-corrected chi connectivity index (χ2v) is 4.50. The summed E-state index contributed by atoms with van der Waals surface area (Å²) < 4.78 is 5.26. The van der Waals surface area contributed by atoms with Crippen LogP contribution in [0.2, 0.25) is 0 Å². The molecule has 0 atom stereocenters. The third-order valence-electron chi connectivity index (χ3n) is 2.98. The zero-order chi connectivity index (χ0) is 10.6. The lowest BCUT2D eigenvalue weighted by Gasteiger charge is -2.34. The zero-order valence-electron chi connectivity index (χ0n) is 9.21. The van der Waals surface area contributed by atoms with Crippen LogP contribution in [0.3, 0.4) is 0 Å². The lowest BCUT2D eigenvalue weighted by molar-refractivity contribution is -0.161. The van der Waals surface area contributed by atoms with Gasteiger partial charge in [0, 0.05) is 6.54 Å². The summed E-state index contributed by atoms with van der Waals surface area (Å²) in [6.07, 6.45) is 5.18. The monoisotopic (exact) mass is 199 g/mol. The molecule has 1 fully saturated rings. The van der Waals surface area contributed by atoms with Crippen LogP contribution in [0.1, 0.15) is 46.0 Å². The molecule has 1 aliphatic rings. The third kappa shape index (κ3) is 2.47. The smallest absolute Gasteiger partial charge is 0.313 e. The number of rotatable bonds is 3. The Bertz CT molecular complexity index is 195. The van der Waals surface area contributed by atoms with Crippen molar-refractivity contribution in [3.8, 4) is 0 Å². The first kappa shape index (κ1) is 11.5. The maximum atomic E-state index is 11.9. The first-order valence-corrected chi connectivity index (χ1v) is 5.52. The molecule has 0 aromatic heterocycles. The Labute approximate surface area is 86.0 Å². The van der Waals surface area contributed by atoms with Gasteiger partial charge in [-0.2, -0.15) is 0 Å². The first-order valence-electron chi connectivity index (χ1n) is 5.52. The summed E-state index contributed by atoms with van der Waals surface area (Å²) >= 11 is 0. The summed E-state index contributed by atoms with van der Waals surface area (Å²) in [5.41, 5.74) is 5.34. The predicted octanol–water partition coefficient (Wildman–Crippen LogP) is 1.85. The van der Waals surface area contributed by atoms with Gasteiger partial charge in [-0.05, 0) is 26.7 Å². The Balaban J connectivity index is 2.62. The van der Waals surface area contributed by atoms with Crippen molar-refractivity contribution in [1.29, 1.82) is 0 Å². The van der Waals surface area contributed by atoms with Crippen LogP contribution in [-0.4, -0.2) is 18.6 Å². The number of hydrogen-bond acceptors (Lipinski definition) is 3. The van der Waals surface area contributed by atoms with Crippen LogP contribution >= 0.6 is 0 Å². The van der Waals surface area contributed by atoms with Crippen molar-refractivity contribution < 1.29 is 9.53 Å². The van der Waals surface area contributed by atoms with Crippen LogP contribution in [-0.2, 0) is 9.53 Å². The van der Waals surface area contributed by atoms with E-state index in [1.54, 1.807) is 0 Å². The Hall–Kier alpha value is -0.570. The molecule has 3 nitrogen and oxygen atoms in total. The number of esters is 1. The minimum absolute atomic E-state index is 0.0344. The Morgan fingerprint density at radius 3 is 2.36 bits per heavy atom. The highest BCUT2D eigenvalue weighted by atomic mass is 16.5. The van der Waals surface area contributed by atoms with Crippen LogP contribution in [0.4, 0.5) is 0 Å². The average Bonchev–Trinajstić information content (AvgIpc) is 2.18. The van der Waals surface area contributed by atoms with E-state index in [2.05, 4.69) is 0 Å². The van der Waals surface area contributed by atoms with Crippen LogP contribution in [0.25, 0.3) is 0 Å². The molecule has 0 bridgehead atoms. The highest BCUT2D eigenvalue weighted by Gasteiger charge is 2.39. The fourth-order valence-electron chi connectivity index (χ4n) is 2.06. The first-order chi connectivity index (χ1) is 6.60. The van der Waals surface area contributed by atoms with Crippen LogP contribution in [0.5, 0.6) is 0 Å². The normalized spacial score (nSPS) is 20.9. The molecule has 1 rings (SSSR count). The van der Waals surface area contributed by atoms with E-state index in [1.165, 1.54) is 6.42 Å². The molecular weight excluding hydrogens is 178 g/mol. The molecular formula is C11H21NO2. The standard InChI is InChI=1S/C11H21NO2/c1-9(2)14-10(13)11(8-12)6-4-3-5-7-11/h9H,3-8,12H2,1-2H3. The average molecular weight is 199 g/mol. The van der Waals surface area contributed by atoms with Gasteiger partial charge in [0.05, 0.1) is 11.5 Å². The second-order valence-electron chi connectivity index (χ2n) is 4.50. The Morgan fingerprint density at radius 1 is 1.36 bits per heavy atom. The molecule has 1 saturated carbocycles. The van der Waals surface area contributed by atoms with E-state index in [0.717, 1.165) is 25.7 Å². The van der Waals surface area contributed by atoms with Gasteiger partial charge in [0.1, 0.15) is 0 Å². The molecule has 0 aliphatic heterocycles. The molecule has 0 aromatic rings. The molecule has 0 aromatic carbocycles. The van der Waals surface area contributed by atoms with Crippen molar-refractivity contribution >= 4 is 5.97 Å². The zero-order valence-corrected chi connectivity index (χ0v) is 9.21. The van der Waals surface area contributed by atoms with Gasteiger partial charge in [0.15, 0.2) is 0 Å². The largest absolute Gasteiger partial charge is 0.463 e. The van der Waals surface area contributed by atoms with Crippen molar-refractivity contribution in [3.63, 3.8) is 0 Å². The van der Waals surface area contributed by atoms with Gasteiger partial charge in [0.2, 0.25) is 0 Å². The maximum absolute atomic E-state index is 11.9. The minimum Gasteiger partial charge on any atom is -0.463 e. The molecule has 0 amide bonds. The van der Waals surface area contributed by atoms with E-state index in [4.69, 9.17) is 10.5 Å². The highest BCUT2D eigenvalue weighted by molar-refractivity contribution is 5.77. The van der Waals surface area contributed by atoms with Crippen molar-refractivity contribution in [1.82, 2.24) is 0 Å². The molecule has 0 radical (unpaired) electrons. The summed E-state index contributed by atoms with van der Waals surface area (Å²) in [6, 6.07) is 0. The number of carbonyl (C=O) groups excluding carboxylic acids is 1. The fourth-order valence-corrected chi connectivity index (χ4v) is 2.06. The summed E-state index contributed by atoms with van der Waals surface area (Å²) in [7, 11) is 0. The topological polar surface area (TPSA) is 52.3 Å². The number of carbonyl (C=O) groups is 1. The number of nitrogens with two attached hydrogens (primary N) is 1. The molecule has 0 spiro atoms. The minimum atomic E-state index is -0.372. The fraction of sp³-hybridized carbons (Fsp3) is 0.909. The van der Waals surface area contributed by atoms with Crippen LogP contribution < -0.4 is 5.73 Å². The second kappa shape index (κ2) is 4.78. The van der Waals surface area contributed by atoms with Crippen LogP contribution in [0, 0.1) is 5.41 Å². The maximum Gasteiger partial charge on any atom is 0.313 e. The van der Waals surface area contributed by atoms with E-state index in [-0.39, 0.29) is 17.5 Å². The van der Waals surface area contributed by atoms with E-state index < -0.39 is 0 Å². The van der Waals surface area contributed by atoms with Crippen LogP contribution in [0.15, 0.2) is 0 Å². The quantitative estimate of drug-likeness (QED) is 0.706.